The maximum Gasteiger partial charge on any atom is 0.211 e. The predicted octanol–water partition coefficient (Wildman–Crippen LogP) is 1.84. The molecule has 0 spiro atoms. The second-order valence-corrected chi connectivity index (χ2v) is 8.13. The third kappa shape index (κ3) is 7.58. The van der Waals surface area contributed by atoms with Crippen LogP contribution in [0.4, 0.5) is 0 Å². The Bertz CT molecular complexity index is 373. The first-order chi connectivity index (χ1) is 9.97. The molecule has 0 aromatic heterocycles. The molecule has 1 heterocycles. The molecule has 6 heteroatoms. The predicted molar refractivity (Wildman–Crippen MR) is 86.9 cm³/mol. The first kappa shape index (κ1) is 18.9. The van der Waals surface area contributed by atoms with Gasteiger partial charge in [-0.1, -0.05) is 6.92 Å². The van der Waals surface area contributed by atoms with Crippen molar-refractivity contribution < 1.29 is 13.2 Å². The van der Waals surface area contributed by atoms with E-state index in [2.05, 4.69) is 12.2 Å². The fraction of sp³-hybridized carbons (Fsp3) is 1.00. The number of nitrogens with one attached hydrogen (secondary N) is 1. The highest BCUT2D eigenvalue weighted by atomic mass is 32.2. The standard InChI is InChI=1S/C15H32N2O3S/c1-4-9-16-15(8-6-11-20-2)12-14-7-5-10-17(13-14)21(3,18)19/h14-16H,4-13H2,1-3H3. The highest BCUT2D eigenvalue weighted by Crippen LogP contribution is 2.24. The quantitative estimate of drug-likeness (QED) is 0.624. The van der Waals surface area contributed by atoms with Gasteiger partial charge in [-0.15, -0.1) is 0 Å². The molecule has 1 rings (SSSR count). The summed E-state index contributed by atoms with van der Waals surface area (Å²) in [5.41, 5.74) is 0. The van der Waals surface area contributed by atoms with E-state index in [9.17, 15) is 8.42 Å². The highest BCUT2D eigenvalue weighted by molar-refractivity contribution is 7.88. The van der Waals surface area contributed by atoms with Crippen molar-refractivity contribution in [3.63, 3.8) is 0 Å². The van der Waals surface area contributed by atoms with Crippen LogP contribution in [0.5, 0.6) is 0 Å². The van der Waals surface area contributed by atoms with E-state index < -0.39 is 10.0 Å². The number of sulfonamides is 1. The Hall–Kier alpha value is -0.170. The summed E-state index contributed by atoms with van der Waals surface area (Å²) in [6.07, 6.45) is 7.79. The smallest absolute Gasteiger partial charge is 0.211 e. The molecule has 126 valence electrons. The van der Waals surface area contributed by atoms with E-state index >= 15 is 0 Å². The minimum absolute atomic E-state index is 0.476. The van der Waals surface area contributed by atoms with E-state index in [0.717, 1.165) is 51.7 Å². The van der Waals surface area contributed by atoms with Crippen molar-refractivity contribution in [1.29, 1.82) is 0 Å². The van der Waals surface area contributed by atoms with Gasteiger partial charge < -0.3 is 10.1 Å². The topological polar surface area (TPSA) is 58.6 Å². The van der Waals surface area contributed by atoms with E-state index in [1.54, 1.807) is 11.4 Å². The summed E-state index contributed by atoms with van der Waals surface area (Å²) >= 11 is 0. The molecule has 2 unspecified atom stereocenters. The lowest BCUT2D eigenvalue weighted by atomic mass is 9.90. The summed E-state index contributed by atoms with van der Waals surface area (Å²) in [6.45, 7) is 5.37. The van der Waals surface area contributed by atoms with Crippen molar-refractivity contribution in [1.82, 2.24) is 9.62 Å². The lowest BCUT2D eigenvalue weighted by Crippen LogP contribution is -2.42. The van der Waals surface area contributed by atoms with Gasteiger partial charge in [0, 0.05) is 32.8 Å². The van der Waals surface area contributed by atoms with Crippen LogP contribution < -0.4 is 5.32 Å². The van der Waals surface area contributed by atoms with E-state index in [0.29, 0.717) is 25.0 Å². The van der Waals surface area contributed by atoms with Crippen LogP contribution in [-0.2, 0) is 14.8 Å². The van der Waals surface area contributed by atoms with Crippen molar-refractivity contribution in [3.05, 3.63) is 0 Å². The molecule has 0 saturated carbocycles. The zero-order chi connectivity index (χ0) is 15.7. The average Bonchev–Trinajstić information content (AvgIpc) is 2.44. The van der Waals surface area contributed by atoms with E-state index in [4.69, 9.17) is 4.74 Å². The van der Waals surface area contributed by atoms with Gasteiger partial charge in [-0.05, 0) is 51.0 Å². The Morgan fingerprint density at radius 1 is 1.43 bits per heavy atom. The van der Waals surface area contributed by atoms with Gasteiger partial charge in [-0.3, -0.25) is 0 Å². The summed E-state index contributed by atoms with van der Waals surface area (Å²) < 4.78 is 30.2. The van der Waals surface area contributed by atoms with E-state index in [1.165, 1.54) is 6.26 Å². The molecule has 0 radical (unpaired) electrons. The number of hydrogen-bond acceptors (Lipinski definition) is 4. The molecule has 0 amide bonds. The molecule has 0 aromatic carbocycles. The molecule has 1 aliphatic rings. The van der Waals surface area contributed by atoms with Crippen LogP contribution in [0.2, 0.25) is 0 Å². The number of methoxy groups -OCH3 is 1. The first-order valence-corrected chi connectivity index (χ1v) is 9.99. The Kier molecular flexibility index (Phi) is 8.78. The van der Waals surface area contributed by atoms with Gasteiger partial charge in [0.2, 0.25) is 10.0 Å². The van der Waals surface area contributed by atoms with E-state index in [1.807, 2.05) is 0 Å². The number of hydrogen-bond donors (Lipinski definition) is 1. The molecule has 1 aliphatic heterocycles. The van der Waals surface area contributed by atoms with Crippen LogP contribution in [0.15, 0.2) is 0 Å². The zero-order valence-corrected chi connectivity index (χ0v) is 14.6. The van der Waals surface area contributed by atoms with E-state index in [-0.39, 0.29) is 0 Å². The Morgan fingerprint density at radius 3 is 2.81 bits per heavy atom. The lowest BCUT2D eigenvalue weighted by molar-refractivity contribution is 0.182. The molecular formula is C15H32N2O3S. The zero-order valence-electron chi connectivity index (χ0n) is 13.8. The number of rotatable bonds is 10. The Morgan fingerprint density at radius 2 is 2.19 bits per heavy atom. The van der Waals surface area contributed by atoms with Gasteiger partial charge in [0.1, 0.15) is 0 Å². The highest BCUT2D eigenvalue weighted by Gasteiger charge is 2.27. The third-order valence-corrected chi connectivity index (χ3v) is 5.42. The van der Waals surface area contributed by atoms with Crippen molar-refractivity contribution in [2.45, 2.75) is 51.5 Å². The average molecular weight is 320 g/mol. The maximum absolute atomic E-state index is 11.7. The molecule has 0 aliphatic carbocycles. The van der Waals surface area contributed by atoms with Crippen LogP contribution in [0, 0.1) is 5.92 Å². The molecule has 5 nitrogen and oxygen atoms in total. The van der Waals surface area contributed by atoms with Gasteiger partial charge in [0.05, 0.1) is 6.26 Å². The summed E-state index contributed by atoms with van der Waals surface area (Å²) in [4.78, 5) is 0. The monoisotopic (exact) mass is 320 g/mol. The number of nitrogens with zero attached hydrogens (tertiary/aromatic N) is 1. The molecule has 0 bridgehead atoms. The summed E-state index contributed by atoms with van der Waals surface area (Å²) in [5, 5.41) is 3.61. The van der Waals surface area contributed by atoms with Gasteiger partial charge in [-0.25, -0.2) is 12.7 Å². The van der Waals surface area contributed by atoms with Gasteiger partial charge >= 0.3 is 0 Å². The van der Waals surface area contributed by atoms with Crippen molar-refractivity contribution in [3.8, 4) is 0 Å². The third-order valence-electron chi connectivity index (χ3n) is 4.15. The first-order valence-electron chi connectivity index (χ1n) is 8.14. The van der Waals surface area contributed by atoms with Crippen LogP contribution in [0.3, 0.4) is 0 Å². The molecule has 21 heavy (non-hydrogen) atoms. The van der Waals surface area contributed by atoms with Gasteiger partial charge in [0.25, 0.3) is 0 Å². The van der Waals surface area contributed by atoms with Gasteiger partial charge in [0.15, 0.2) is 0 Å². The second-order valence-electron chi connectivity index (χ2n) is 6.15. The van der Waals surface area contributed by atoms with Gasteiger partial charge in [-0.2, -0.15) is 0 Å². The summed E-state index contributed by atoms with van der Waals surface area (Å²) in [7, 11) is -1.30. The second kappa shape index (κ2) is 9.77. The van der Waals surface area contributed by atoms with Crippen LogP contribution in [-0.4, -0.2) is 58.4 Å². The van der Waals surface area contributed by atoms with Crippen LogP contribution >= 0.6 is 0 Å². The normalized spacial score (nSPS) is 22.3. The fourth-order valence-electron chi connectivity index (χ4n) is 3.05. The molecule has 1 N–H and O–H groups in total. The SMILES string of the molecule is CCCNC(CCCOC)CC1CCCN(S(C)(=O)=O)C1. The Balaban J connectivity index is 2.47. The molecular weight excluding hydrogens is 288 g/mol. The van der Waals surface area contributed by atoms with Crippen LogP contribution in [0.25, 0.3) is 0 Å². The van der Waals surface area contributed by atoms with Crippen molar-refractivity contribution >= 4 is 10.0 Å². The maximum atomic E-state index is 11.7. The fourth-order valence-corrected chi connectivity index (χ4v) is 3.99. The molecule has 0 aromatic rings. The number of piperidine rings is 1. The molecule has 2 atom stereocenters. The van der Waals surface area contributed by atoms with Crippen molar-refractivity contribution in [2.24, 2.45) is 5.92 Å². The minimum atomic E-state index is -3.04. The van der Waals surface area contributed by atoms with Crippen LogP contribution in [0.1, 0.15) is 45.4 Å². The molecule has 1 saturated heterocycles. The Labute approximate surface area is 130 Å². The minimum Gasteiger partial charge on any atom is -0.385 e. The largest absolute Gasteiger partial charge is 0.385 e. The van der Waals surface area contributed by atoms with Crippen molar-refractivity contribution in [2.75, 3.05) is 39.6 Å². The summed E-state index contributed by atoms with van der Waals surface area (Å²) in [6, 6.07) is 0.476. The lowest BCUT2D eigenvalue weighted by Gasteiger charge is -2.33. The number of ether oxygens (including phenoxy) is 1. The summed E-state index contributed by atoms with van der Waals surface area (Å²) in [5.74, 6) is 0.477. The molecule has 1 fully saturated rings.